The average molecular weight is 739 g/mol. The van der Waals surface area contributed by atoms with Crippen molar-refractivity contribution < 1.29 is 0 Å². The lowest BCUT2D eigenvalue weighted by molar-refractivity contribution is 0.889. The van der Waals surface area contributed by atoms with Gasteiger partial charge in [0, 0.05) is 46.0 Å². The van der Waals surface area contributed by atoms with Crippen LogP contribution in [0.4, 0.5) is 0 Å². The van der Waals surface area contributed by atoms with Gasteiger partial charge in [0.05, 0.1) is 34.1 Å². The van der Waals surface area contributed by atoms with Gasteiger partial charge in [0.15, 0.2) is 0 Å². The van der Waals surface area contributed by atoms with Gasteiger partial charge in [-0.15, -0.1) is 0 Å². The number of pyridine rings is 1. The molecule has 0 radical (unpaired) electrons. The van der Waals surface area contributed by atoms with Crippen molar-refractivity contribution in [2.24, 2.45) is 0 Å². The second kappa shape index (κ2) is 12.6. The number of aryl methyl sites for hydroxylation is 8. The van der Waals surface area contributed by atoms with Gasteiger partial charge in [-0.1, -0.05) is 53.6 Å². The van der Waals surface area contributed by atoms with Crippen molar-refractivity contribution in [3.05, 3.63) is 171 Å². The fourth-order valence-corrected chi connectivity index (χ4v) is 10.1. The molecule has 9 aromatic rings. The van der Waals surface area contributed by atoms with E-state index >= 15 is 0 Å². The predicted molar refractivity (Wildman–Crippen MR) is 239 cm³/mol. The first-order chi connectivity index (χ1) is 27.7. The van der Waals surface area contributed by atoms with Crippen LogP contribution in [0.3, 0.4) is 0 Å². The molecule has 4 heterocycles. The number of aromatic nitrogens is 4. The highest BCUT2D eigenvalue weighted by Crippen LogP contribution is 2.46. The van der Waals surface area contributed by atoms with Gasteiger partial charge in [0.25, 0.3) is 0 Å². The van der Waals surface area contributed by atoms with Crippen molar-refractivity contribution in [3.63, 3.8) is 0 Å². The van der Waals surface area contributed by atoms with E-state index in [1.807, 2.05) is 6.20 Å². The zero-order valence-electron chi connectivity index (χ0n) is 33.6. The lowest BCUT2D eigenvalue weighted by atomic mass is 9.83. The molecule has 0 spiro atoms. The standard InChI is InChI=1S/C53H46N4/c1-30-7-9-32(3)40(19-30)36-13-15-48-44(21-36)46-23-38-11-12-39-24-47-45-22-37(41-20-31(2)8-10-33(41)4)14-16-49(45)57(53-29-55-27-35(53)6)51(47)26-43(39)42(38)25-50(46)56(48)52-28-54-18-17-34(52)5/h7-10,14,16-29,55H,11-13,15H2,1-6H3. The zero-order valence-corrected chi connectivity index (χ0v) is 33.6. The van der Waals surface area contributed by atoms with Crippen LogP contribution >= 0.6 is 0 Å². The van der Waals surface area contributed by atoms with Crippen molar-refractivity contribution in [2.45, 2.75) is 67.2 Å². The average Bonchev–Trinajstić information content (AvgIpc) is 3.88. The Kier molecular flexibility index (Phi) is 7.47. The molecule has 11 rings (SSSR count). The van der Waals surface area contributed by atoms with E-state index in [4.69, 9.17) is 0 Å². The molecule has 0 bridgehead atoms. The highest BCUT2D eigenvalue weighted by Gasteiger charge is 2.27. The smallest absolute Gasteiger partial charge is 0.0671 e. The lowest BCUT2D eigenvalue weighted by Gasteiger charge is -2.22. The van der Waals surface area contributed by atoms with Crippen LogP contribution in [0.2, 0.25) is 0 Å². The summed E-state index contributed by atoms with van der Waals surface area (Å²) in [6.07, 6.45) is 14.8. The zero-order chi connectivity index (χ0) is 38.7. The van der Waals surface area contributed by atoms with Gasteiger partial charge >= 0.3 is 0 Å². The maximum atomic E-state index is 4.65. The molecule has 0 saturated heterocycles. The first-order valence-corrected chi connectivity index (χ1v) is 20.4. The Morgan fingerprint density at radius 3 is 1.91 bits per heavy atom. The minimum atomic E-state index is 0.986. The summed E-state index contributed by atoms with van der Waals surface area (Å²) in [7, 11) is 0. The van der Waals surface area contributed by atoms with E-state index in [1.165, 1.54) is 133 Å². The van der Waals surface area contributed by atoms with Crippen molar-refractivity contribution in [1.29, 1.82) is 0 Å². The maximum absolute atomic E-state index is 4.65. The Morgan fingerprint density at radius 1 is 0.509 bits per heavy atom. The fourth-order valence-electron chi connectivity index (χ4n) is 10.1. The monoisotopic (exact) mass is 738 g/mol. The number of benzene rings is 5. The number of hydrogen-bond acceptors (Lipinski definition) is 1. The number of allylic oxidation sites excluding steroid dienone is 1. The molecule has 278 valence electrons. The molecular formula is C53H46N4. The van der Waals surface area contributed by atoms with Crippen molar-refractivity contribution in [2.75, 3.05) is 0 Å². The number of aromatic amines is 1. The first-order valence-electron chi connectivity index (χ1n) is 20.4. The first kappa shape index (κ1) is 33.9. The molecule has 57 heavy (non-hydrogen) atoms. The molecule has 0 fully saturated rings. The Bertz CT molecular complexity index is 3190. The minimum absolute atomic E-state index is 0.986. The summed E-state index contributed by atoms with van der Waals surface area (Å²) in [5, 5.41) is 3.96. The molecule has 1 N–H and O–H groups in total. The number of nitrogens with one attached hydrogen (secondary N) is 1. The van der Waals surface area contributed by atoms with E-state index in [2.05, 4.69) is 170 Å². The molecule has 0 aliphatic heterocycles. The molecule has 2 aliphatic rings. The summed E-state index contributed by atoms with van der Waals surface area (Å²) < 4.78 is 5.02. The Hall–Kier alpha value is -6.39. The van der Waals surface area contributed by atoms with Gasteiger partial charge in [-0.3, -0.25) is 4.98 Å². The van der Waals surface area contributed by atoms with Crippen LogP contribution in [-0.2, 0) is 19.3 Å². The van der Waals surface area contributed by atoms with Crippen LogP contribution < -0.4 is 0 Å². The van der Waals surface area contributed by atoms with Gasteiger partial charge < -0.3 is 14.1 Å². The third kappa shape index (κ3) is 5.16. The van der Waals surface area contributed by atoms with E-state index < -0.39 is 0 Å². The Labute approximate surface area is 334 Å². The van der Waals surface area contributed by atoms with Crippen molar-refractivity contribution >= 4 is 44.4 Å². The summed E-state index contributed by atoms with van der Waals surface area (Å²) in [5.74, 6) is 0. The molecule has 4 nitrogen and oxygen atoms in total. The van der Waals surface area contributed by atoms with E-state index in [-0.39, 0.29) is 0 Å². The minimum Gasteiger partial charge on any atom is -0.366 e. The Balaban J connectivity index is 1.16. The van der Waals surface area contributed by atoms with Crippen molar-refractivity contribution in [1.82, 2.24) is 19.1 Å². The van der Waals surface area contributed by atoms with Crippen LogP contribution in [0.5, 0.6) is 0 Å². The Morgan fingerprint density at radius 2 is 1.19 bits per heavy atom. The summed E-state index contributed by atoms with van der Waals surface area (Å²) in [5.41, 5.74) is 27.5. The number of hydrogen-bond donors (Lipinski definition) is 1. The summed E-state index contributed by atoms with van der Waals surface area (Å²) >= 11 is 0. The topological polar surface area (TPSA) is 38.5 Å². The molecule has 4 heteroatoms. The van der Waals surface area contributed by atoms with Crippen molar-refractivity contribution in [3.8, 4) is 33.6 Å². The third-order valence-corrected chi connectivity index (χ3v) is 13.1. The number of H-pyrrole nitrogens is 1. The second-order valence-corrected chi connectivity index (χ2v) is 16.8. The van der Waals surface area contributed by atoms with E-state index in [0.717, 1.165) is 25.7 Å². The highest BCUT2D eigenvalue weighted by atomic mass is 15.0. The van der Waals surface area contributed by atoms with Crippen LogP contribution in [0.1, 0.15) is 67.7 Å². The second-order valence-electron chi connectivity index (χ2n) is 16.8. The van der Waals surface area contributed by atoms with Crippen LogP contribution in [0.15, 0.2) is 110 Å². The van der Waals surface area contributed by atoms with Crippen LogP contribution in [0, 0.1) is 41.5 Å². The molecule has 0 unspecified atom stereocenters. The number of nitrogens with zero attached hydrogens (tertiary/aromatic N) is 3. The molecule has 4 aromatic heterocycles. The molecule has 0 amide bonds. The number of fused-ring (bicyclic) bond motifs is 9. The fraction of sp³-hybridized carbons (Fsp3) is 0.189. The van der Waals surface area contributed by atoms with Gasteiger partial charge in [-0.2, -0.15) is 0 Å². The number of rotatable bonds is 4. The largest absolute Gasteiger partial charge is 0.366 e. The SMILES string of the molecule is Cc1ccc(C)c(C2=Cc3c(n(-c4cnccc4C)c4cc5c(cc34)CCc3cc4c6cc(-c7cc(C)ccc7C)ccc6n(-c6c[nH]cc6C)c4cc3-5)CC2)c1. The van der Waals surface area contributed by atoms with Gasteiger partial charge in [0.1, 0.15) is 0 Å². The van der Waals surface area contributed by atoms with Gasteiger partial charge in [-0.25, -0.2) is 0 Å². The summed E-state index contributed by atoms with van der Waals surface area (Å²) in [4.78, 5) is 8.05. The van der Waals surface area contributed by atoms with E-state index in [0.29, 0.717) is 0 Å². The molecule has 0 atom stereocenters. The maximum Gasteiger partial charge on any atom is 0.0671 e. The molecule has 2 aliphatic carbocycles. The molecule has 5 aromatic carbocycles. The van der Waals surface area contributed by atoms with Crippen LogP contribution in [-0.4, -0.2) is 19.1 Å². The molecule has 0 saturated carbocycles. The highest BCUT2D eigenvalue weighted by molar-refractivity contribution is 6.12. The van der Waals surface area contributed by atoms with Crippen LogP contribution in [0.25, 0.3) is 78.0 Å². The predicted octanol–water partition coefficient (Wildman–Crippen LogP) is 13.2. The lowest BCUT2D eigenvalue weighted by Crippen LogP contribution is -2.07. The summed E-state index contributed by atoms with van der Waals surface area (Å²) in [6.45, 7) is 13.3. The summed E-state index contributed by atoms with van der Waals surface area (Å²) in [6, 6.07) is 32.9. The molecular weight excluding hydrogens is 693 g/mol. The van der Waals surface area contributed by atoms with E-state index in [1.54, 1.807) is 0 Å². The third-order valence-electron chi connectivity index (χ3n) is 13.1. The van der Waals surface area contributed by atoms with E-state index in [9.17, 15) is 0 Å². The van der Waals surface area contributed by atoms with Gasteiger partial charge in [0.2, 0.25) is 0 Å². The van der Waals surface area contributed by atoms with Gasteiger partial charge in [-0.05, 0) is 183 Å². The quantitative estimate of drug-likeness (QED) is 0.192. The normalized spacial score (nSPS) is 13.6.